The van der Waals surface area contributed by atoms with Gasteiger partial charge >= 0.3 is 0 Å². The molecule has 0 bridgehead atoms. The Labute approximate surface area is 147 Å². The molecular weight excluding hydrogens is 290 g/mol. The van der Waals surface area contributed by atoms with Crippen LogP contribution in [0.3, 0.4) is 0 Å². The molecular formula is C23H31N. The molecule has 128 valence electrons. The molecule has 1 aliphatic heterocycles. The minimum atomic E-state index is 0.0844. The van der Waals surface area contributed by atoms with E-state index in [9.17, 15) is 0 Å². The average Bonchev–Trinajstić information content (AvgIpc) is 2.82. The van der Waals surface area contributed by atoms with Gasteiger partial charge < -0.3 is 4.90 Å². The zero-order chi connectivity index (χ0) is 17.5. The van der Waals surface area contributed by atoms with Crippen molar-refractivity contribution in [3.05, 3.63) is 64.8 Å². The lowest BCUT2D eigenvalue weighted by atomic mass is 9.73. The maximum Gasteiger partial charge on any atom is 0.0487 e. The molecule has 1 nitrogen and oxygen atoms in total. The van der Waals surface area contributed by atoms with Gasteiger partial charge in [-0.1, -0.05) is 70.2 Å². The lowest BCUT2D eigenvalue weighted by Gasteiger charge is -2.33. The summed E-state index contributed by atoms with van der Waals surface area (Å²) in [5.74, 6) is 0. The highest BCUT2D eigenvalue weighted by Crippen LogP contribution is 2.52. The average molecular weight is 322 g/mol. The monoisotopic (exact) mass is 321 g/mol. The van der Waals surface area contributed by atoms with Gasteiger partial charge in [0.2, 0.25) is 0 Å². The molecule has 1 aromatic rings. The van der Waals surface area contributed by atoms with Crippen LogP contribution in [0.1, 0.15) is 64.2 Å². The summed E-state index contributed by atoms with van der Waals surface area (Å²) in [7, 11) is 2.23. The van der Waals surface area contributed by atoms with Crippen LogP contribution in [0.4, 0.5) is 0 Å². The predicted molar refractivity (Wildman–Crippen MR) is 105 cm³/mol. The van der Waals surface area contributed by atoms with Crippen LogP contribution in [-0.4, -0.2) is 18.5 Å². The molecule has 1 heterocycles. The molecule has 1 aliphatic carbocycles. The van der Waals surface area contributed by atoms with Crippen molar-refractivity contribution in [3.63, 3.8) is 0 Å². The molecule has 1 heteroatoms. The Kier molecular flexibility index (Phi) is 4.23. The molecule has 3 rings (SSSR count). The quantitative estimate of drug-likeness (QED) is 0.631. The molecule has 0 saturated carbocycles. The van der Waals surface area contributed by atoms with E-state index in [2.05, 4.69) is 89.1 Å². The van der Waals surface area contributed by atoms with Crippen LogP contribution in [0.25, 0.3) is 5.70 Å². The lowest BCUT2D eigenvalue weighted by molar-refractivity contribution is 0.455. The Hall–Kier alpha value is -1.76. The van der Waals surface area contributed by atoms with E-state index in [1.807, 2.05) is 0 Å². The van der Waals surface area contributed by atoms with Crippen molar-refractivity contribution >= 4 is 5.70 Å². The molecule has 0 saturated heterocycles. The van der Waals surface area contributed by atoms with E-state index in [1.165, 1.54) is 28.0 Å². The van der Waals surface area contributed by atoms with Gasteiger partial charge in [0.15, 0.2) is 0 Å². The van der Waals surface area contributed by atoms with Crippen LogP contribution in [0.5, 0.6) is 0 Å². The topological polar surface area (TPSA) is 3.24 Å². The number of nitrogens with zero attached hydrogens (tertiary/aromatic N) is 1. The summed E-state index contributed by atoms with van der Waals surface area (Å²) < 4.78 is 0. The molecule has 1 aromatic carbocycles. The summed E-state index contributed by atoms with van der Waals surface area (Å²) in [5.41, 5.74) is 7.69. The fraction of sp³-hybridized carbons (Fsp3) is 0.478. The first kappa shape index (κ1) is 17.1. The summed E-state index contributed by atoms with van der Waals surface area (Å²) in [6.07, 6.45) is 11.4. The predicted octanol–water partition coefficient (Wildman–Crippen LogP) is 5.82. The second-order valence-electron chi connectivity index (χ2n) is 8.09. The molecule has 0 aromatic heterocycles. The van der Waals surface area contributed by atoms with E-state index in [0.29, 0.717) is 0 Å². The van der Waals surface area contributed by atoms with Crippen molar-refractivity contribution in [1.82, 2.24) is 4.90 Å². The number of hydrogen-bond donors (Lipinski definition) is 0. The Morgan fingerprint density at radius 2 is 2.04 bits per heavy atom. The van der Waals surface area contributed by atoms with Crippen molar-refractivity contribution in [1.29, 1.82) is 0 Å². The fourth-order valence-electron chi connectivity index (χ4n) is 4.33. The summed E-state index contributed by atoms with van der Waals surface area (Å²) in [6, 6.07) is 6.97. The molecule has 0 amide bonds. The van der Waals surface area contributed by atoms with Gasteiger partial charge in [-0.25, -0.2) is 0 Å². The Morgan fingerprint density at radius 1 is 1.29 bits per heavy atom. The SMILES string of the molecule is CC=CCC(C)(CC)c1cccc2c1C1=C(C=CCN1C)C2(C)C. The first-order valence-corrected chi connectivity index (χ1v) is 9.24. The van der Waals surface area contributed by atoms with Crippen LogP contribution in [0.2, 0.25) is 0 Å². The normalized spacial score (nSPS) is 21.2. The largest absolute Gasteiger partial charge is 0.370 e. The zero-order valence-electron chi connectivity index (χ0n) is 16.1. The van der Waals surface area contributed by atoms with Crippen LogP contribution >= 0.6 is 0 Å². The maximum atomic E-state index is 2.43. The van der Waals surface area contributed by atoms with Gasteiger partial charge in [0.1, 0.15) is 0 Å². The van der Waals surface area contributed by atoms with Crippen LogP contribution < -0.4 is 0 Å². The van der Waals surface area contributed by atoms with Gasteiger partial charge in [0.25, 0.3) is 0 Å². The Bertz CT molecular complexity index is 732. The fourth-order valence-corrected chi connectivity index (χ4v) is 4.33. The van der Waals surface area contributed by atoms with Crippen molar-refractivity contribution in [2.75, 3.05) is 13.6 Å². The third-order valence-electron chi connectivity index (χ3n) is 6.18. The molecule has 0 fully saturated rings. The van der Waals surface area contributed by atoms with Crippen molar-refractivity contribution in [2.24, 2.45) is 0 Å². The van der Waals surface area contributed by atoms with Crippen LogP contribution in [0, 0.1) is 0 Å². The highest BCUT2D eigenvalue weighted by atomic mass is 15.1. The second kappa shape index (κ2) is 5.95. The molecule has 1 unspecified atom stereocenters. The van der Waals surface area contributed by atoms with E-state index in [1.54, 1.807) is 0 Å². The lowest BCUT2D eigenvalue weighted by Crippen LogP contribution is -2.25. The number of fused-ring (bicyclic) bond motifs is 2. The maximum absolute atomic E-state index is 2.43. The first-order valence-electron chi connectivity index (χ1n) is 9.24. The van der Waals surface area contributed by atoms with Gasteiger partial charge in [0, 0.05) is 30.3 Å². The van der Waals surface area contributed by atoms with E-state index in [0.717, 1.165) is 19.4 Å². The highest BCUT2D eigenvalue weighted by Gasteiger charge is 2.42. The van der Waals surface area contributed by atoms with E-state index in [-0.39, 0.29) is 10.8 Å². The number of allylic oxidation sites excluding steroid dienone is 4. The second-order valence-corrected chi connectivity index (χ2v) is 8.09. The Balaban J connectivity index is 2.27. The minimum absolute atomic E-state index is 0.0844. The van der Waals surface area contributed by atoms with Crippen LogP contribution in [0.15, 0.2) is 48.1 Å². The summed E-state index contributed by atoms with van der Waals surface area (Å²) in [5, 5.41) is 0. The van der Waals surface area contributed by atoms with Crippen molar-refractivity contribution in [2.45, 2.75) is 58.3 Å². The first-order chi connectivity index (χ1) is 11.4. The van der Waals surface area contributed by atoms with Crippen LogP contribution in [-0.2, 0) is 10.8 Å². The van der Waals surface area contributed by atoms with E-state index < -0.39 is 0 Å². The van der Waals surface area contributed by atoms with Gasteiger partial charge in [-0.15, -0.1) is 0 Å². The Morgan fingerprint density at radius 3 is 2.71 bits per heavy atom. The molecule has 0 N–H and O–H groups in total. The van der Waals surface area contributed by atoms with Gasteiger partial charge in [-0.3, -0.25) is 0 Å². The number of benzene rings is 1. The van der Waals surface area contributed by atoms with E-state index >= 15 is 0 Å². The standard InChI is InChI=1S/C23H31N/c1-7-9-15-23(5,8-2)18-13-10-12-17-20(18)21-19(22(17,3)4)14-11-16-24(21)6/h7,9-14H,8,15-16H2,1-6H3. The number of rotatable bonds is 4. The van der Waals surface area contributed by atoms with Gasteiger partial charge in [-0.2, -0.15) is 0 Å². The zero-order valence-corrected chi connectivity index (χ0v) is 16.1. The summed E-state index contributed by atoms with van der Waals surface area (Å²) in [4.78, 5) is 2.43. The molecule has 1 atom stereocenters. The molecule has 0 spiro atoms. The van der Waals surface area contributed by atoms with E-state index in [4.69, 9.17) is 0 Å². The third kappa shape index (κ3) is 2.37. The smallest absolute Gasteiger partial charge is 0.0487 e. The summed E-state index contributed by atoms with van der Waals surface area (Å²) in [6.45, 7) is 12.6. The molecule has 2 aliphatic rings. The van der Waals surface area contributed by atoms with Crippen molar-refractivity contribution in [3.8, 4) is 0 Å². The van der Waals surface area contributed by atoms with Gasteiger partial charge in [-0.05, 0) is 41.9 Å². The number of hydrogen-bond acceptors (Lipinski definition) is 1. The highest BCUT2D eigenvalue weighted by molar-refractivity contribution is 5.84. The molecule has 0 radical (unpaired) electrons. The minimum Gasteiger partial charge on any atom is -0.370 e. The molecule has 24 heavy (non-hydrogen) atoms. The van der Waals surface area contributed by atoms with Gasteiger partial charge in [0.05, 0.1) is 0 Å². The van der Waals surface area contributed by atoms with Crippen molar-refractivity contribution < 1.29 is 0 Å². The summed E-state index contributed by atoms with van der Waals surface area (Å²) >= 11 is 0. The third-order valence-corrected chi connectivity index (χ3v) is 6.18. The number of likely N-dealkylation sites (N-methyl/N-ethyl adjacent to an activating group) is 1.